The molecule has 4 atom stereocenters. The normalized spacial score (nSPS) is 34.8. The van der Waals surface area contributed by atoms with Gasteiger partial charge < -0.3 is 17.4 Å². The number of halogens is 3. The quantitative estimate of drug-likeness (QED) is 0.430. The van der Waals surface area contributed by atoms with Crippen LogP contribution in [-0.4, -0.2) is 23.1 Å². The molecule has 2 rings (SSSR count). The monoisotopic (exact) mass is 513 g/mol. The third kappa shape index (κ3) is 4.11. The maximum absolute atomic E-state index is 12.6. The van der Waals surface area contributed by atoms with E-state index in [4.69, 9.17) is 5.41 Å². The Morgan fingerprint density at radius 2 is 2.00 bits per heavy atom. The Bertz CT molecular complexity index is 359. The van der Waals surface area contributed by atoms with Crippen molar-refractivity contribution < 1.29 is 49.4 Å². The number of allylic oxidation sites excluding steroid dienone is 1. The molecule has 2 nitrogen and oxygen atoms in total. The van der Waals surface area contributed by atoms with E-state index in [1.54, 1.807) is 6.92 Å². The van der Waals surface area contributed by atoms with Crippen LogP contribution in [0.4, 0.5) is 13.2 Å². The van der Waals surface area contributed by atoms with Crippen molar-refractivity contribution >= 4 is 6.21 Å². The van der Waals surface area contributed by atoms with Gasteiger partial charge in [-0.25, -0.2) is 12.2 Å². The number of aliphatic hydroxyl groups is 1. The third-order valence-corrected chi connectivity index (χ3v) is 4.17. The summed E-state index contributed by atoms with van der Waals surface area (Å²) in [5.74, 6) is -0.258. The van der Waals surface area contributed by atoms with Gasteiger partial charge in [0.2, 0.25) is 0 Å². The molecule has 0 spiro atoms. The number of fused-ring (bicyclic) bond motifs is 2. The maximum Gasteiger partial charge on any atom is 2.00 e. The first-order valence-electron chi connectivity index (χ1n) is 6.32. The van der Waals surface area contributed by atoms with Gasteiger partial charge in [-0.2, -0.15) is 25.8 Å². The average molecular weight is 513 g/mol. The molecular weight excluding hydrogens is 493 g/mol. The molecule has 0 heterocycles. The molecule has 2 aliphatic rings. The second-order valence-electron chi connectivity index (χ2n) is 5.51. The Kier molecular flexibility index (Phi) is 7.55. The van der Waals surface area contributed by atoms with E-state index in [0.717, 1.165) is 0 Å². The summed E-state index contributed by atoms with van der Waals surface area (Å²) in [6.07, 6.45) is -0.782. The second-order valence-corrected chi connectivity index (χ2v) is 5.51. The molecule has 112 valence electrons. The molecule has 2 saturated carbocycles. The minimum Gasteiger partial charge on any atom is -0.412 e. The van der Waals surface area contributed by atoms with Crippen molar-refractivity contribution in [2.75, 3.05) is 0 Å². The van der Waals surface area contributed by atoms with E-state index in [0.29, 0.717) is 30.8 Å². The first kappa shape index (κ1) is 20.2. The predicted molar refractivity (Wildman–Crippen MR) is 67.8 cm³/mol. The van der Waals surface area contributed by atoms with Crippen LogP contribution in [0.2, 0.25) is 0 Å². The molecule has 0 aliphatic heterocycles. The summed E-state index contributed by atoms with van der Waals surface area (Å²) in [6, 6.07) is 0. The summed E-state index contributed by atoms with van der Waals surface area (Å²) < 4.78 is 37.7. The van der Waals surface area contributed by atoms with Crippen LogP contribution in [-0.2, 0) is 0 Å². The van der Waals surface area contributed by atoms with Gasteiger partial charge in [0.15, 0.2) is 5.60 Å². The van der Waals surface area contributed by atoms with Crippen LogP contribution in [0.15, 0.2) is 12.2 Å². The molecular formula is C14H20F3NOU. The minimum atomic E-state index is -4.46. The van der Waals surface area contributed by atoms with Crippen LogP contribution in [0.5, 0.6) is 0 Å². The number of alkyl halides is 3. The largest absolute Gasteiger partial charge is 2.00 e. The summed E-state index contributed by atoms with van der Waals surface area (Å²) in [5.41, 5.74) is -1.73. The van der Waals surface area contributed by atoms with Crippen LogP contribution in [0.1, 0.15) is 32.6 Å². The Labute approximate surface area is 142 Å². The zero-order chi connectivity index (χ0) is 14.8. The van der Waals surface area contributed by atoms with Gasteiger partial charge in [0.1, 0.15) is 0 Å². The van der Waals surface area contributed by atoms with Crippen molar-refractivity contribution in [1.82, 2.24) is 0 Å². The van der Waals surface area contributed by atoms with E-state index in [2.05, 4.69) is 19.7 Å². The first-order chi connectivity index (χ1) is 8.65. The molecule has 0 amide bonds. The smallest absolute Gasteiger partial charge is 0.412 e. The van der Waals surface area contributed by atoms with Crippen molar-refractivity contribution in [2.45, 2.75) is 44.4 Å². The molecule has 0 aromatic carbocycles. The van der Waals surface area contributed by atoms with E-state index in [1.165, 1.54) is 0 Å². The zero-order valence-corrected chi connectivity index (χ0v) is 15.7. The summed E-state index contributed by atoms with van der Waals surface area (Å²) in [6.45, 7) is 8.84. The van der Waals surface area contributed by atoms with Gasteiger partial charge in [0.25, 0.3) is 0 Å². The molecule has 6 heteroatoms. The Morgan fingerprint density at radius 3 is 2.25 bits per heavy atom. The van der Waals surface area contributed by atoms with E-state index in [1.807, 2.05) is 0 Å². The third-order valence-electron chi connectivity index (χ3n) is 4.17. The van der Waals surface area contributed by atoms with Gasteiger partial charge in [-0.05, 0) is 31.1 Å². The molecule has 0 radical (unpaired) electrons. The minimum absolute atomic E-state index is 0. The predicted octanol–water partition coefficient (Wildman–Crippen LogP) is 3.64. The van der Waals surface area contributed by atoms with Crippen molar-refractivity contribution in [2.24, 2.45) is 17.8 Å². The molecule has 0 saturated heterocycles. The van der Waals surface area contributed by atoms with Crippen LogP contribution < -0.4 is 0 Å². The average Bonchev–Trinajstić information content (AvgIpc) is 2.85. The van der Waals surface area contributed by atoms with Crippen molar-refractivity contribution in [3.63, 3.8) is 0 Å². The molecule has 2 fully saturated rings. The summed E-state index contributed by atoms with van der Waals surface area (Å²) >= 11 is 0. The molecule has 2 bridgehead atoms. The fourth-order valence-electron chi connectivity index (χ4n) is 3.12. The number of rotatable bonds is 2. The Morgan fingerprint density at radius 1 is 1.50 bits per heavy atom. The fraction of sp³-hybridized carbons (Fsp3) is 0.714. The number of nitrogens with one attached hydrogen (secondary N) is 1. The van der Waals surface area contributed by atoms with Gasteiger partial charge in [-0.1, -0.05) is 12.8 Å². The summed E-state index contributed by atoms with van der Waals surface area (Å²) in [7, 11) is 0. The van der Waals surface area contributed by atoms with E-state index in [9.17, 15) is 18.3 Å². The molecule has 2 aliphatic carbocycles. The van der Waals surface area contributed by atoms with Crippen LogP contribution in [0.25, 0.3) is 0 Å². The molecule has 20 heavy (non-hydrogen) atoms. The van der Waals surface area contributed by atoms with E-state index < -0.39 is 17.7 Å². The molecule has 0 aromatic heterocycles. The van der Waals surface area contributed by atoms with Crippen LogP contribution in [0.3, 0.4) is 0 Å². The standard InChI is InChI=1S/C10H14F3O.C4H6N.U/c1-2-6-3-8-4-7(6)5-9(8,14)10(11,12)13;1-4(2)3-5;/h6-8,14H,1-5H2;5H,1H2,2H3;/q2*-1;+2. The van der Waals surface area contributed by atoms with Gasteiger partial charge in [0.05, 0.1) is 0 Å². The van der Waals surface area contributed by atoms with E-state index >= 15 is 0 Å². The second kappa shape index (κ2) is 7.47. The van der Waals surface area contributed by atoms with Gasteiger partial charge >= 0.3 is 37.3 Å². The zero-order valence-electron chi connectivity index (χ0n) is 11.6. The van der Waals surface area contributed by atoms with Crippen molar-refractivity contribution in [3.05, 3.63) is 19.1 Å². The van der Waals surface area contributed by atoms with Crippen molar-refractivity contribution in [1.29, 1.82) is 5.41 Å². The molecule has 4 unspecified atom stereocenters. The fourth-order valence-corrected chi connectivity index (χ4v) is 3.12. The Hall–Kier alpha value is 0.212. The summed E-state index contributed by atoms with van der Waals surface area (Å²) in [4.78, 5) is 0. The van der Waals surface area contributed by atoms with Crippen LogP contribution in [0, 0.1) is 61.2 Å². The number of hydrogen-bond donors (Lipinski definition) is 2. The summed E-state index contributed by atoms with van der Waals surface area (Å²) in [5, 5.41) is 15.9. The van der Waals surface area contributed by atoms with Gasteiger partial charge in [-0.3, -0.25) is 0 Å². The molecule has 2 N–H and O–H groups in total. The van der Waals surface area contributed by atoms with Gasteiger partial charge in [0, 0.05) is 0 Å². The first-order valence-corrected chi connectivity index (χ1v) is 6.32. The van der Waals surface area contributed by atoms with Gasteiger partial charge in [-0.15, -0.1) is 0 Å². The van der Waals surface area contributed by atoms with E-state index in [-0.39, 0.29) is 43.5 Å². The van der Waals surface area contributed by atoms with Crippen LogP contribution >= 0.6 is 0 Å². The molecule has 0 aromatic rings. The Balaban J connectivity index is 0.000000526. The topological polar surface area (TPSA) is 44.1 Å². The number of hydrogen-bond acceptors (Lipinski definition) is 2. The SMILES string of the molecule is C=C(C)[C-]=N.[CH2-]CC1CC2CC1CC2(O)C(F)(F)F.[U+2]. The van der Waals surface area contributed by atoms with Crippen molar-refractivity contribution in [3.8, 4) is 0 Å². The maximum atomic E-state index is 12.6.